The quantitative estimate of drug-likeness (QED) is 0.303. The number of hydrogen-bond acceptors (Lipinski definition) is 5. The van der Waals surface area contributed by atoms with Gasteiger partial charge >= 0.3 is 6.18 Å². The van der Waals surface area contributed by atoms with Gasteiger partial charge in [0.2, 0.25) is 11.8 Å². The van der Waals surface area contributed by atoms with Crippen LogP contribution >= 0.6 is 0 Å². The lowest BCUT2D eigenvalue weighted by Gasteiger charge is -2.35. The number of H-pyrrole nitrogens is 1. The number of anilines is 3. The Morgan fingerprint density at radius 3 is 2.54 bits per heavy atom. The molecule has 2 aliphatic rings. The maximum absolute atomic E-state index is 13.6. The van der Waals surface area contributed by atoms with Crippen LogP contribution in [0.25, 0.3) is 11.3 Å². The maximum Gasteiger partial charge on any atom is 0.390 e. The summed E-state index contributed by atoms with van der Waals surface area (Å²) in [4.78, 5) is 47.6. The first-order valence-corrected chi connectivity index (χ1v) is 13.2. The normalized spacial score (nSPS) is 21.7. The number of nitrogens with zero attached hydrogens (tertiary/aromatic N) is 2. The van der Waals surface area contributed by atoms with E-state index in [1.165, 1.54) is 13.2 Å². The van der Waals surface area contributed by atoms with E-state index in [1.807, 2.05) is 30.3 Å². The molecule has 8 nitrogen and oxygen atoms in total. The van der Waals surface area contributed by atoms with Crippen molar-refractivity contribution >= 4 is 34.8 Å². The fourth-order valence-electron chi connectivity index (χ4n) is 5.21. The molecule has 2 heterocycles. The van der Waals surface area contributed by atoms with Crippen molar-refractivity contribution in [3.8, 4) is 11.3 Å². The van der Waals surface area contributed by atoms with Crippen molar-refractivity contribution in [2.24, 2.45) is 11.3 Å². The van der Waals surface area contributed by atoms with Gasteiger partial charge in [-0.05, 0) is 37.6 Å². The van der Waals surface area contributed by atoms with Crippen LogP contribution in [0.1, 0.15) is 42.2 Å². The van der Waals surface area contributed by atoms with E-state index < -0.39 is 48.5 Å². The third kappa shape index (κ3) is 6.10. The fraction of sp³-hybridized carbons (Fsp3) is 0.379. The highest BCUT2D eigenvalue weighted by Crippen LogP contribution is 2.44. The number of amides is 2. The first-order chi connectivity index (χ1) is 19.3. The highest BCUT2D eigenvalue weighted by molar-refractivity contribution is 6.10. The molecule has 12 heteroatoms. The molecule has 5 rings (SSSR count). The van der Waals surface area contributed by atoms with Crippen LogP contribution in [0.15, 0.2) is 48.7 Å². The van der Waals surface area contributed by atoms with Gasteiger partial charge in [0.1, 0.15) is 12.0 Å². The molecule has 3 N–H and O–H groups in total. The number of ketones is 1. The Bertz CT molecular complexity index is 1490. The second-order valence-corrected chi connectivity index (χ2v) is 10.9. The van der Waals surface area contributed by atoms with Gasteiger partial charge < -0.3 is 20.5 Å². The molecule has 0 bridgehead atoms. The Hall–Kier alpha value is -4.22. The predicted molar refractivity (Wildman–Crippen MR) is 144 cm³/mol. The van der Waals surface area contributed by atoms with Gasteiger partial charge in [0.25, 0.3) is 0 Å². The Kier molecular flexibility index (Phi) is 7.35. The lowest BCUT2D eigenvalue weighted by Crippen LogP contribution is -2.45. The topological polar surface area (TPSA) is 107 Å². The van der Waals surface area contributed by atoms with Gasteiger partial charge in [-0.2, -0.15) is 13.2 Å². The number of Topliss-reactive ketones (excluding diaryl/α,β-unsaturated/α-hetero) is 1. The van der Waals surface area contributed by atoms with Crippen LogP contribution in [-0.4, -0.2) is 58.4 Å². The average Bonchev–Trinajstić information content (AvgIpc) is 3.55. The molecule has 1 fully saturated rings. The maximum atomic E-state index is 13.6. The summed E-state index contributed by atoms with van der Waals surface area (Å²) in [5.74, 6) is -1.83. The van der Waals surface area contributed by atoms with Crippen LogP contribution in [0.4, 0.5) is 34.8 Å². The van der Waals surface area contributed by atoms with Gasteiger partial charge in [-0.15, -0.1) is 0 Å². The van der Waals surface area contributed by atoms with Crippen LogP contribution < -0.4 is 10.6 Å². The molecule has 2 aliphatic carbocycles. The van der Waals surface area contributed by atoms with Crippen LogP contribution in [0.3, 0.4) is 0 Å². The number of halogens is 4. The molecule has 0 aliphatic heterocycles. The van der Waals surface area contributed by atoms with Crippen molar-refractivity contribution in [2.45, 2.75) is 45.0 Å². The summed E-state index contributed by atoms with van der Waals surface area (Å²) >= 11 is 0. The Balaban J connectivity index is 1.49. The predicted octanol–water partition coefficient (Wildman–Crippen LogP) is 5.66. The minimum Gasteiger partial charge on any atom is -0.356 e. The number of para-hydroxylation sites is 1. The molecule has 0 spiro atoms. The summed E-state index contributed by atoms with van der Waals surface area (Å²) in [5.41, 5.74) is 1.81. The number of carbonyl (C=O) groups is 3. The van der Waals surface area contributed by atoms with E-state index in [0.717, 1.165) is 4.90 Å². The van der Waals surface area contributed by atoms with Crippen molar-refractivity contribution in [1.82, 2.24) is 14.9 Å². The number of hydrogen-bond donors (Lipinski definition) is 3. The van der Waals surface area contributed by atoms with Crippen LogP contribution in [-0.2, 0) is 16.0 Å². The largest absolute Gasteiger partial charge is 0.390 e. The molecule has 0 saturated heterocycles. The van der Waals surface area contributed by atoms with Crippen LogP contribution in [0.5, 0.6) is 0 Å². The number of rotatable bonds is 8. The highest BCUT2D eigenvalue weighted by atomic mass is 19.4. The van der Waals surface area contributed by atoms with E-state index in [4.69, 9.17) is 0 Å². The molecule has 2 amide bonds. The van der Waals surface area contributed by atoms with E-state index in [0.29, 0.717) is 33.9 Å². The molecular weight excluding hydrogens is 542 g/mol. The SMILES string of the molecule is CN(CCC(F)(F)F)C(=O)C1(C)CC(=O)c2c([nH]c(-c3ccnc(NC(=O)[C@@H]4C[C@@H]4F)c3)c2Nc2ccccc2)C1. The van der Waals surface area contributed by atoms with Crippen molar-refractivity contribution in [2.75, 3.05) is 24.2 Å². The lowest BCUT2D eigenvalue weighted by atomic mass is 9.73. The first kappa shape index (κ1) is 28.3. The van der Waals surface area contributed by atoms with Gasteiger partial charge in [-0.1, -0.05) is 18.2 Å². The Morgan fingerprint density at radius 2 is 1.88 bits per heavy atom. The number of aromatic nitrogens is 2. The van der Waals surface area contributed by atoms with Gasteiger partial charge in [0.05, 0.1) is 34.7 Å². The van der Waals surface area contributed by atoms with Gasteiger partial charge in [-0.25, -0.2) is 9.37 Å². The monoisotopic (exact) mass is 571 g/mol. The van der Waals surface area contributed by atoms with E-state index >= 15 is 0 Å². The molecule has 1 aromatic carbocycles. The number of alkyl halides is 4. The van der Waals surface area contributed by atoms with Crippen molar-refractivity contribution in [1.29, 1.82) is 0 Å². The number of benzene rings is 1. The number of aromatic amines is 1. The van der Waals surface area contributed by atoms with Crippen LogP contribution in [0.2, 0.25) is 0 Å². The van der Waals surface area contributed by atoms with Gasteiger partial charge in [0, 0.05) is 49.6 Å². The third-order valence-corrected chi connectivity index (χ3v) is 7.46. The summed E-state index contributed by atoms with van der Waals surface area (Å²) in [6.07, 6.45) is -5.15. The zero-order chi connectivity index (χ0) is 29.5. The zero-order valence-electron chi connectivity index (χ0n) is 22.4. The highest BCUT2D eigenvalue weighted by Gasteiger charge is 2.45. The standard InChI is InChI=1S/C29H29F4N5O3/c1-28(27(41)38(2)11-9-29(31,32)33)14-20-23(21(39)15-28)25(35-17-6-4-3-5-7-17)24(36-20)16-8-10-34-22(12-16)37-26(40)18-13-19(18)30/h3-8,10,12,18-19,35-36H,9,11,13-15H2,1-2H3,(H,34,37,40)/t18-,19+,28?/m1/s1. The van der Waals surface area contributed by atoms with E-state index in [1.54, 1.807) is 19.1 Å². The first-order valence-electron chi connectivity index (χ1n) is 13.2. The minimum absolute atomic E-state index is 0.0982. The van der Waals surface area contributed by atoms with Gasteiger partial charge in [0.15, 0.2) is 5.78 Å². The molecule has 1 saturated carbocycles. The molecule has 3 aromatic rings. The molecule has 41 heavy (non-hydrogen) atoms. The summed E-state index contributed by atoms with van der Waals surface area (Å²) in [7, 11) is 1.31. The third-order valence-electron chi connectivity index (χ3n) is 7.46. The summed E-state index contributed by atoms with van der Waals surface area (Å²) in [5, 5.41) is 5.92. The molecule has 1 unspecified atom stereocenters. The van der Waals surface area contributed by atoms with Gasteiger partial charge in [-0.3, -0.25) is 14.4 Å². The van der Waals surface area contributed by atoms with Crippen molar-refractivity contribution < 1.29 is 31.9 Å². The second-order valence-electron chi connectivity index (χ2n) is 10.9. The fourth-order valence-corrected chi connectivity index (χ4v) is 5.21. The van der Waals surface area contributed by atoms with Crippen molar-refractivity contribution in [3.63, 3.8) is 0 Å². The number of nitrogens with one attached hydrogen (secondary N) is 3. The zero-order valence-corrected chi connectivity index (χ0v) is 22.4. The Morgan fingerprint density at radius 1 is 1.17 bits per heavy atom. The molecule has 3 atom stereocenters. The Labute approximate surface area is 233 Å². The molecule has 216 valence electrons. The summed E-state index contributed by atoms with van der Waals surface area (Å²) in [6.45, 7) is 1.08. The van der Waals surface area contributed by atoms with E-state index in [9.17, 15) is 31.9 Å². The molecular formula is C29H29F4N5O3. The number of carbonyl (C=O) groups excluding carboxylic acids is 3. The number of fused-ring (bicyclic) bond motifs is 1. The van der Waals surface area contributed by atoms with Crippen molar-refractivity contribution in [3.05, 3.63) is 59.9 Å². The molecule has 0 radical (unpaired) electrons. The smallest absolute Gasteiger partial charge is 0.356 e. The summed E-state index contributed by atoms with van der Waals surface area (Å²) in [6, 6.07) is 12.4. The molecule has 2 aromatic heterocycles. The summed E-state index contributed by atoms with van der Waals surface area (Å²) < 4.78 is 51.7. The lowest BCUT2D eigenvalue weighted by molar-refractivity contribution is -0.149. The average molecular weight is 572 g/mol. The van der Waals surface area contributed by atoms with E-state index in [-0.39, 0.29) is 30.9 Å². The number of pyridine rings is 1. The van der Waals surface area contributed by atoms with Crippen LogP contribution in [0, 0.1) is 11.3 Å². The van der Waals surface area contributed by atoms with E-state index in [2.05, 4.69) is 20.6 Å². The second kappa shape index (κ2) is 10.6. The minimum atomic E-state index is -4.41.